The van der Waals surface area contributed by atoms with Gasteiger partial charge in [0.25, 0.3) is 15.9 Å². The van der Waals surface area contributed by atoms with Crippen LogP contribution in [0.15, 0.2) is 65.6 Å². The van der Waals surface area contributed by atoms with Crippen molar-refractivity contribution in [3.05, 3.63) is 77.4 Å². The van der Waals surface area contributed by atoms with Crippen molar-refractivity contribution in [3.63, 3.8) is 0 Å². The average molecular weight is 485 g/mol. The number of ether oxygens (including phenoxy) is 3. The van der Waals surface area contributed by atoms with Crippen LogP contribution in [0.3, 0.4) is 0 Å². The van der Waals surface area contributed by atoms with Crippen molar-refractivity contribution in [2.75, 3.05) is 25.5 Å². The monoisotopic (exact) mass is 484 g/mol. The third-order valence-electron chi connectivity index (χ3n) is 4.97. The lowest BCUT2D eigenvalue weighted by molar-refractivity contribution is -0.123. The minimum Gasteiger partial charge on any atom is -0.496 e. The SMILES string of the molecule is COc1cccc(OC)c1CNC(=O)COc1ccc(S(=O)(=O)Nc2cc(C)cc(C)c2)cc1. The molecule has 3 aromatic rings. The van der Waals surface area contributed by atoms with Gasteiger partial charge in [0, 0.05) is 5.69 Å². The van der Waals surface area contributed by atoms with Crippen LogP contribution in [0.2, 0.25) is 0 Å². The van der Waals surface area contributed by atoms with Gasteiger partial charge >= 0.3 is 0 Å². The zero-order chi connectivity index (χ0) is 24.7. The second kappa shape index (κ2) is 10.9. The van der Waals surface area contributed by atoms with Crippen LogP contribution in [0, 0.1) is 13.8 Å². The van der Waals surface area contributed by atoms with Gasteiger partial charge in [0.1, 0.15) is 17.2 Å². The highest BCUT2D eigenvalue weighted by Crippen LogP contribution is 2.28. The van der Waals surface area contributed by atoms with Crippen LogP contribution < -0.4 is 24.2 Å². The van der Waals surface area contributed by atoms with Gasteiger partial charge < -0.3 is 19.5 Å². The molecule has 2 N–H and O–H groups in total. The van der Waals surface area contributed by atoms with Crippen molar-refractivity contribution in [1.29, 1.82) is 0 Å². The quantitative estimate of drug-likeness (QED) is 0.454. The van der Waals surface area contributed by atoms with E-state index in [1.807, 2.05) is 19.9 Å². The normalized spacial score (nSPS) is 10.9. The zero-order valence-corrected chi connectivity index (χ0v) is 20.4. The van der Waals surface area contributed by atoms with E-state index in [2.05, 4.69) is 10.0 Å². The van der Waals surface area contributed by atoms with Gasteiger partial charge in [-0.3, -0.25) is 9.52 Å². The van der Waals surface area contributed by atoms with Gasteiger partial charge in [-0.1, -0.05) is 12.1 Å². The first-order chi connectivity index (χ1) is 16.2. The summed E-state index contributed by atoms with van der Waals surface area (Å²) >= 11 is 0. The Bertz CT molecular complexity index is 1210. The Morgan fingerprint density at radius 2 is 1.47 bits per heavy atom. The van der Waals surface area contributed by atoms with Crippen molar-refractivity contribution >= 4 is 21.6 Å². The van der Waals surface area contributed by atoms with Crippen molar-refractivity contribution in [1.82, 2.24) is 5.32 Å². The minimum absolute atomic E-state index is 0.0896. The van der Waals surface area contributed by atoms with Crippen LogP contribution in [0.1, 0.15) is 16.7 Å². The van der Waals surface area contributed by atoms with Crippen LogP contribution in [-0.2, 0) is 21.4 Å². The van der Waals surface area contributed by atoms with Crippen LogP contribution in [-0.4, -0.2) is 35.2 Å². The molecule has 3 rings (SSSR count). The van der Waals surface area contributed by atoms with E-state index in [9.17, 15) is 13.2 Å². The molecule has 0 saturated heterocycles. The summed E-state index contributed by atoms with van der Waals surface area (Å²) in [7, 11) is -0.664. The fourth-order valence-corrected chi connectivity index (χ4v) is 4.49. The smallest absolute Gasteiger partial charge is 0.261 e. The molecule has 0 aliphatic carbocycles. The zero-order valence-electron chi connectivity index (χ0n) is 19.5. The van der Waals surface area contributed by atoms with E-state index in [4.69, 9.17) is 14.2 Å². The molecular weight excluding hydrogens is 456 g/mol. The summed E-state index contributed by atoms with van der Waals surface area (Å²) in [6, 6.07) is 16.7. The fraction of sp³-hybridized carbons (Fsp3) is 0.240. The molecule has 0 bridgehead atoms. The van der Waals surface area contributed by atoms with Gasteiger partial charge in [-0.05, 0) is 73.5 Å². The maximum Gasteiger partial charge on any atom is 0.261 e. The second-order valence-corrected chi connectivity index (χ2v) is 9.34. The molecule has 0 spiro atoms. The van der Waals surface area contributed by atoms with Gasteiger partial charge in [-0.15, -0.1) is 0 Å². The third-order valence-corrected chi connectivity index (χ3v) is 6.37. The lowest BCUT2D eigenvalue weighted by Gasteiger charge is -2.14. The molecule has 0 aliphatic rings. The summed E-state index contributed by atoms with van der Waals surface area (Å²) in [5.74, 6) is 1.23. The Hall–Kier alpha value is -3.72. The molecule has 3 aromatic carbocycles. The Kier molecular flexibility index (Phi) is 8.01. The number of anilines is 1. The number of aryl methyl sites for hydroxylation is 2. The van der Waals surface area contributed by atoms with Crippen molar-refractivity contribution in [2.45, 2.75) is 25.3 Å². The predicted octanol–water partition coefficient (Wildman–Crippen LogP) is 3.82. The summed E-state index contributed by atoms with van der Waals surface area (Å²) in [6.45, 7) is 3.78. The van der Waals surface area contributed by atoms with Gasteiger partial charge in [-0.25, -0.2) is 8.42 Å². The van der Waals surface area contributed by atoms with E-state index in [0.29, 0.717) is 28.5 Å². The Morgan fingerprint density at radius 1 is 0.882 bits per heavy atom. The van der Waals surface area contributed by atoms with E-state index in [0.717, 1.165) is 11.1 Å². The maximum atomic E-state index is 12.7. The fourth-order valence-electron chi connectivity index (χ4n) is 3.45. The van der Waals surface area contributed by atoms with Gasteiger partial charge in [0.15, 0.2) is 6.61 Å². The number of methoxy groups -OCH3 is 2. The lowest BCUT2D eigenvalue weighted by Crippen LogP contribution is -2.28. The average Bonchev–Trinajstić information content (AvgIpc) is 2.80. The number of hydrogen-bond acceptors (Lipinski definition) is 6. The molecule has 8 nitrogen and oxygen atoms in total. The number of nitrogens with one attached hydrogen (secondary N) is 2. The first-order valence-corrected chi connectivity index (χ1v) is 12.0. The largest absolute Gasteiger partial charge is 0.496 e. The first-order valence-electron chi connectivity index (χ1n) is 10.5. The highest BCUT2D eigenvalue weighted by Gasteiger charge is 2.15. The molecule has 0 radical (unpaired) electrons. The molecular formula is C25H28N2O6S. The van der Waals surface area contributed by atoms with Crippen LogP contribution in [0.25, 0.3) is 0 Å². The van der Waals surface area contributed by atoms with Crippen molar-refractivity contribution in [2.24, 2.45) is 0 Å². The summed E-state index contributed by atoms with van der Waals surface area (Å²) < 4.78 is 44.1. The molecule has 0 aromatic heterocycles. The molecule has 34 heavy (non-hydrogen) atoms. The lowest BCUT2D eigenvalue weighted by atomic mass is 10.1. The summed E-state index contributed by atoms with van der Waals surface area (Å²) in [5, 5.41) is 2.76. The van der Waals surface area contributed by atoms with Crippen LogP contribution >= 0.6 is 0 Å². The van der Waals surface area contributed by atoms with E-state index in [1.165, 1.54) is 24.3 Å². The standard InChI is InChI=1S/C25H28N2O6S/c1-17-12-18(2)14-19(13-17)27-34(29,30)21-10-8-20(9-11-21)33-16-25(28)26-15-22-23(31-3)6-5-7-24(22)32-4/h5-14,27H,15-16H2,1-4H3,(H,26,28). The Labute approximate surface area is 199 Å². The number of carbonyl (C=O) groups excluding carboxylic acids is 1. The molecule has 1 amide bonds. The second-order valence-electron chi connectivity index (χ2n) is 7.66. The number of rotatable bonds is 10. The number of sulfonamides is 1. The first kappa shape index (κ1) is 24.9. The van der Waals surface area contributed by atoms with Gasteiger partial charge in [0.2, 0.25) is 0 Å². The van der Waals surface area contributed by atoms with E-state index < -0.39 is 10.0 Å². The molecule has 180 valence electrons. The number of amides is 1. The number of benzene rings is 3. The molecule has 0 saturated carbocycles. The van der Waals surface area contributed by atoms with Gasteiger partial charge in [0.05, 0.1) is 31.2 Å². The Balaban J connectivity index is 1.57. The number of carbonyl (C=O) groups is 1. The Morgan fingerprint density at radius 3 is 2.03 bits per heavy atom. The van der Waals surface area contributed by atoms with Crippen molar-refractivity contribution < 1.29 is 27.4 Å². The van der Waals surface area contributed by atoms with E-state index in [-0.39, 0.29) is 24.0 Å². The van der Waals surface area contributed by atoms with Gasteiger partial charge in [-0.2, -0.15) is 0 Å². The summed E-state index contributed by atoms with van der Waals surface area (Å²) in [5.41, 5.74) is 3.14. The van der Waals surface area contributed by atoms with Crippen molar-refractivity contribution in [3.8, 4) is 17.2 Å². The summed E-state index contributed by atoms with van der Waals surface area (Å²) in [6.07, 6.45) is 0. The molecule has 0 heterocycles. The highest BCUT2D eigenvalue weighted by atomic mass is 32.2. The summed E-state index contributed by atoms with van der Waals surface area (Å²) in [4.78, 5) is 12.3. The third kappa shape index (κ3) is 6.41. The highest BCUT2D eigenvalue weighted by molar-refractivity contribution is 7.92. The minimum atomic E-state index is -3.76. The van der Waals surface area contributed by atoms with Crippen LogP contribution in [0.4, 0.5) is 5.69 Å². The predicted molar refractivity (Wildman–Crippen MR) is 130 cm³/mol. The number of hydrogen-bond donors (Lipinski definition) is 2. The van der Waals surface area contributed by atoms with E-state index >= 15 is 0 Å². The molecule has 0 aliphatic heterocycles. The molecule has 0 fully saturated rings. The topological polar surface area (TPSA) is 103 Å². The molecule has 9 heteroatoms. The maximum absolute atomic E-state index is 12.7. The molecule has 0 atom stereocenters. The van der Waals surface area contributed by atoms with Crippen LogP contribution in [0.5, 0.6) is 17.2 Å². The molecule has 0 unspecified atom stereocenters. The van der Waals surface area contributed by atoms with E-state index in [1.54, 1.807) is 44.6 Å².